The quantitative estimate of drug-likeness (QED) is 0.579. The Kier molecular flexibility index (Phi) is 6.68. The number of hydrogen-bond donors (Lipinski definition) is 2. The third-order valence-electron chi connectivity index (χ3n) is 4.94. The topological polar surface area (TPSA) is 76.4 Å². The fourth-order valence-electron chi connectivity index (χ4n) is 3.35. The molecule has 2 aromatic rings. The third kappa shape index (κ3) is 5.21. The summed E-state index contributed by atoms with van der Waals surface area (Å²) in [7, 11) is 1.77. The molecule has 1 aliphatic carbocycles. The van der Waals surface area contributed by atoms with Crippen LogP contribution in [0.15, 0.2) is 29.5 Å². The van der Waals surface area contributed by atoms with E-state index < -0.39 is 0 Å². The van der Waals surface area contributed by atoms with Gasteiger partial charge in [0.25, 0.3) is 0 Å². The van der Waals surface area contributed by atoms with Crippen molar-refractivity contribution >= 4 is 5.96 Å². The zero-order chi connectivity index (χ0) is 19.1. The van der Waals surface area contributed by atoms with Crippen molar-refractivity contribution in [2.24, 2.45) is 4.99 Å². The highest BCUT2D eigenvalue weighted by atomic mass is 16.5. The van der Waals surface area contributed by atoms with Gasteiger partial charge in [0.15, 0.2) is 11.8 Å². The van der Waals surface area contributed by atoms with E-state index in [9.17, 15) is 0 Å². The van der Waals surface area contributed by atoms with Crippen LogP contribution >= 0.6 is 0 Å². The molecular formula is C20H30N6O. The summed E-state index contributed by atoms with van der Waals surface area (Å²) >= 11 is 0. The van der Waals surface area contributed by atoms with Gasteiger partial charge in [0, 0.05) is 25.7 Å². The maximum absolute atomic E-state index is 6.28. The number of nitrogens with one attached hydrogen (secondary N) is 2. The van der Waals surface area contributed by atoms with Crippen molar-refractivity contribution in [2.75, 3.05) is 7.05 Å². The Morgan fingerprint density at radius 3 is 2.78 bits per heavy atom. The van der Waals surface area contributed by atoms with Crippen molar-refractivity contribution in [1.82, 2.24) is 25.4 Å². The van der Waals surface area contributed by atoms with Crippen molar-refractivity contribution in [1.29, 1.82) is 0 Å². The summed E-state index contributed by atoms with van der Waals surface area (Å²) in [4.78, 5) is 4.30. The Balaban J connectivity index is 1.59. The first kappa shape index (κ1) is 19.2. The minimum absolute atomic E-state index is 0.350. The van der Waals surface area contributed by atoms with E-state index in [-0.39, 0.29) is 0 Å². The second kappa shape index (κ2) is 9.39. The number of guanidine groups is 1. The predicted octanol–water partition coefficient (Wildman–Crippen LogP) is 2.79. The number of ether oxygens (including phenoxy) is 1. The Morgan fingerprint density at radius 2 is 2.04 bits per heavy atom. The monoisotopic (exact) mass is 370 g/mol. The van der Waals surface area contributed by atoms with Gasteiger partial charge in [-0.05, 0) is 51.2 Å². The second-order valence-corrected chi connectivity index (χ2v) is 6.95. The highest BCUT2D eigenvalue weighted by molar-refractivity contribution is 5.79. The lowest BCUT2D eigenvalue weighted by Crippen LogP contribution is -2.37. The van der Waals surface area contributed by atoms with Gasteiger partial charge in [0.2, 0.25) is 0 Å². The number of aryl methyl sites for hydroxylation is 2. The van der Waals surface area contributed by atoms with Crippen molar-refractivity contribution in [2.45, 2.75) is 65.3 Å². The first-order valence-electron chi connectivity index (χ1n) is 9.77. The number of nitrogens with zero attached hydrogens (tertiary/aromatic N) is 4. The Bertz CT molecular complexity index is 764. The van der Waals surface area contributed by atoms with Gasteiger partial charge in [-0.3, -0.25) is 4.99 Å². The molecule has 0 amide bonds. The molecule has 0 aliphatic heterocycles. The second-order valence-electron chi connectivity index (χ2n) is 6.95. The molecule has 27 heavy (non-hydrogen) atoms. The first-order valence-corrected chi connectivity index (χ1v) is 9.77. The van der Waals surface area contributed by atoms with Crippen molar-refractivity contribution in [3.8, 4) is 5.75 Å². The molecule has 1 aliphatic rings. The van der Waals surface area contributed by atoms with Gasteiger partial charge in [-0.2, -0.15) is 0 Å². The molecule has 2 N–H and O–H groups in total. The van der Waals surface area contributed by atoms with Gasteiger partial charge in [0.1, 0.15) is 12.1 Å². The molecule has 3 rings (SSSR count). The average molecular weight is 371 g/mol. The van der Waals surface area contributed by atoms with Crippen LogP contribution in [0.2, 0.25) is 0 Å². The maximum atomic E-state index is 6.28. The van der Waals surface area contributed by atoms with E-state index in [1.165, 1.54) is 18.4 Å². The Hall–Kier alpha value is -2.57. The predicted molar refractivity (Wildman–Crippen MR) is 107 cm³/mol. The van der Waals surface area contributed by atoms with Crippen LogP contribution in [0, 0.1) is 6.92 Å². The molecule has 1 aromatic carbocycles. The number of aliphatic imine (C=N–C) groups is 1. The van der Waals surface area contributed by atoms with E-state index >= 15 is 0 Å². The summed E-state index contributed by atoms with van der Waals surface area (Å²) in [6.07, 6.45) is 6.94. The van der Waals surface area contributed by atoms with Crippen LogP contribution in [-0.4, -0.2) is 33.9 Å². The summed E-state index contributed by atoms with van der Waals surface area (Å²) in [6, 6.07) is 6.39. The SMILES string of the molecule is CCn1cnnc1CNC(=NC)NCc1ccc(C)cc1OC1CCCC1. The maximum Gasteiger partial charge on any atom is 0.191 e. The van der Waals surface area contributed by atoms with Crippen LogP contribution in [0.1, 0.15) is 49.6 Å². The van der Waals surface area contributed by atoms with Crippen molar-refractivity contribution in [3.63, 3.8) is 0 Å². The molecule has 146 valence electrons. The molecule has 0 unspecified atom stereocenters. The molecule has 1 saturated carbocycles. The molecule has 1 fully saturated rings. The lowest BCUT2D eigenvalue weighted by atomic mass is 10.1. The summed E-state index contributed by atoms with van der Waals surface area (Å²) in [6.45, 7) is 6.25. The molecule has 0 radical (unpaired) electrons. The molecule has 0 spiro atoms. The number of rotatable bonds is 7. The fraction of sp³-hybridized carbons (Fsp3) is 0.550. The molecular weight excluding hydrogens is 340 g/mol. The molecule has 1 aromatic heterocycles. The first-order chi connectivity index (χ1) is 13.2. The molecule has 7 nitrogen and oxygen atoms in total. The average Bonchev–Trinajstić information content (AvgIpc) is 3.34. The third-order valence-corrected chi connectivity index (χ3v) is 4.94. The van der Waals surface area contributed by atoms with Gasteiger partial charge in [-0.1, -0.05) is 12.1 Å². The van der Waals surface area contributed by atoms with E-state index in [0.29, 0.717) is 19.2 Å². The van der Waals surface area contributed by atoms with Crippen LogP contribution in [0.25, 0.3) is 0 Å². The van der Waals surface area contributed by atoms with Crippen molar-refractivity contribution < 1.29 is 4.74 Å². The largest absolute Gasteiger partial charge is 0.490 e. The van der Waals surface area contributed by atoms with Gasteiger partial charge in [-0.15, -0.1) is 10.2 Å². The lowest BCUT2D eigenvalue weighted by molar-refractivity contribution is 0.207. The van der Waals surface area contributed by atoms with E-state index in [1.807, 2.05) is 4.57 Å². The van der Waals surface area contributed by atoms with Gasteiger partial charge < -0.3 is 19.9 Å². The Labute approximate surface area is 161 Å². The number of benzene rings is 1. The van der Waals surface area contributed by atoms with Crippen LogP contribution in [0.4, 0.5) is 0 Å². The van der Waals surface area contributed by atoms with Crippen molar-refractivity contribution in [3.05, 3.63) is 41.5 Å². The highest BCUT2D eigenvalue weighted by Crippen LogP contribution is 2.27. The van der Waals surface area contributed by atoms with Crippen LogP contribution in [0.5, 0.6) is 5.75 Å². The Morgan fingerprint density at radius 1 is 1.26 bits per heavy atom. The van der Waals surface area contributed by atoms with Gasteiger partial charge in [0.05, 0.1) is 12.6 Å². The van der Waals surface area contributed by atoms with E-state index in [1.54, 1.807) is 13.4 Å². The minimum atomic E-state index is 0.350. The number of hydrogen-bond acceptors (Lipinski definition) is 4. The summed E-state index contributed by atoms with van der Waals surface area (Å²) in [5.74, 6) is 2.60. The molecule has 0 bridgehead atoms. The molecule has 0 atom stereocenters. The molecule has 1 heterocycles. The molecule has 7 heteroatoms. The summed E-state index contributed by atoms with van der Waals surface area (Å²) < 4.78 is 8.29. The van der Waals surface area contributed by atoms with Crippen LogP contribution in [-0.2, 0) is 19.6 Å². The normalized spacial score (nSPS) is 15.1. The summed E-state index contributed by atoms with van der Waals surface area (Å²) in [5, 5.41) is 14.8. The smallest absolute Gasteiger partial charge is 0.191 e. The van der Waals surface area contributed by atoms with E-state index in [4.69, 9.17) is 4.74 Å². The van der Waals surface area contributed by atoms with Crippen LogP contribution in [0.3, 0.4) is 0 Å². The highest BCUT2D eigenvalue weighted by Gasteiger charge is 2.18. The fourth-order valence-corrected chi connectivity index (χ4v) is 3.35. The number of aromatic nitrogens is 3. The van der Waals surface area contributed by atoms with E-state index in [0.717, 1.165) is 42.5 Å². The van der Waals surface area contributed by atoms with Gasteiger partial charge in [-0.25, -0.2) is 0 Å². The molecule has 0 saturated heterocycles. The van der Waals surface area contributed by atoms with E-state index in [2.05, 4.69) is 57.9 Å². The zero-order valence-corrected chi connectivity index (χ0v) is 16.5. The lowest BCUT2D eigenvalue weighted by Gasteiger charge is -2.18. The standard InChI is InChI=1S/C20H30N6O/c1-4-26-14-24-25-19(26)13-23-20(21-3)22-12-16-10-9-15(2)11-18(16)27-17-7-5-6-8-17/h9-11,14,17H,4-8,12-13H2,1-3H3,(H2,21,22,23). The zero-order valence-electron chi connectivity index (χ0n) is 16.5. The summed E-state index contributed by atoms with van der Waals surface area (Å²) in [5.41, 5.74) is 2.36. The van der Waals surface area contributed by atoms with Gasteiger partial charge >= 0.3 is 0 Å². The van der Waals surface area contributed by atoms with Crippen LogP contribution < -0.4 is 15.4 Å². The minimum Gasteiger partial charge on any atom is -0.490 e.